The first kappa shape index (κ1) is 16.0. The number of likely N-dealkylation sites (tertiary alicyclic amines) is 1. The topological polar surface area (TPSA) is 81.9 Å². The van der Waals surface area contributed by atoms with Crippen LogP contribution in [0.1, 0.15) is 17.0 Å². The molecular formula is C16H15FN2O5. The molecule has 126 valence electrons. The number of hydrogen-bond donors (Lipinski definition) is 0. The number of benzene rings is 1. The Balaban J connectivity index is 1.79. The van der Waals surface area contributed by atoms with E-state index in [0.29, 0.717) is 0 Å². The predicted octanol–water partition coefficient (Wildman–Crippen LogP) is 1.65. The number of amides is 1. The summed E-state index contributed by atoms with van der Waals surface area (Å²) in [6.45, 7) is 0.105. The molecule has 0 spiro atoms. The van der Waals surface area contributed by atoms with E-state index in [9.17, 15) is 14.0 Å². The van der Waals surface area contributed by atoms with Gasteiger partial charge in [-0.25, -0.2) is 9.18 Å². The van der Waals surface area contributed by atoms with Crippen molar-refractivity contribution < 1.29 is 28.0 Å². The minimum atomic E-state index is -0.829. The molecule has 1 fully saturated rings. The molecule has 2 unspecified atom stereocenters. The number of methoxy groups -OCH3 is 1. The average molecular weight is 334 g/mol. The van der Waals surface area contributed by atoms with Crippen molar-refractivity contribution in [1.29, 1.82) is 0 Å². The largest absolute Gasteiger partial charge is 0.485 e. The third-order valence-corrected chi connectivity index (χ3v) is 3.78. The van der Waals surface area contributed by atoms with Gasteiger partial charge >= 0.3 is 5.97 Å². The van der Waals surface area contributed by atoms with Gasteiger partial charge in [0.1, 0.15) is 12.1 Å². The van der Waals surface area contributed by atoms with Crippen LogP contribution in [0.2, 0.25) is 0 Å². The summed E-state index contributed by atoms with van der Waals surface area (Å²) in [5, 5.41) is 3.48. The second-order valence-electron chi connectivity index (χ2n) is 5.28. The number of para-hydroxylation sites is 1. The maximum Gasteiger partial charge on any atom is 0.328 e. The van der Waals surface area contributed by atoms with Crippen molar-refractivity contribution in [3.05, 3.63) is 48.1 Å². The SMILES string of the molecule is COC(=O)C1CC(Oc2ccccc2F)CN1C(=O)c1ccno1. The van der Waals surface area contributed by atoms with Crippen LogP contribution in [0, 0.1) is 5.82 Å². The molecule has 2 heterocycles. The number of ether oxygens (including phenoxy) is 2. The fourth-order valence-electron chi connectivity index (χ4n) is 2.65. The second-order valence-corrected chi connectivity index (χ2v) is 5.28. The Morgan fingerprint density at radius 3 is 2.79 bits per heavy atom. The molecule has 7 nitrogen and oxygen atoms in total. The molecule has 2 atom stereocenters. The van der Waals surface area contributed by atoms with Gasteiger partial charge in [0, 0.05) is 12.5 Å². The van der Waals surface area contributed by atoms with Crippen molar-refractivity contribution in [3.8, 4) is 5.75 Å². The van der Waals surface area contributed by atoms with E-state index in [1.54, 1.807) is 12.1 Å². The molecule has 2 aromatic rings. The molecule has 1 aliphatic rings. The molecule has 24 heavy (non-hydrogen) atoms. The quantitative estimate of drug-likeness (QED) is 0.791. The molecule has 1 aromatic heterocycles. The van der Waals surface area contributed by atoms with Gasteiger partial charge in [-0.05, 0) is 12.1 Å². The molecule has 1 saturated heterocycles. The fourth-order valence-corrected chi connectivity index (χ4v) is 2.65. The van der Waals surface area contributed by atoms with Gasteiger partial charge in [0.15, 0.2) is 11.6 Å². The van der Waals surface area contributed by atoms with Crippen LogP contribution in [0.3, 0.4) is 0 Å². The predicted molar refractivity (Wildman–Crippen MR) is 78.8 cm³/mol. The van der Waals surface area contributed by atoms with Crippen molar-refractivity contribution in [3.63, 3.8) is 0 Å². The highest BCUT2D eigenvalue weighted by Gasteiger charge is 2.42. The molecule has 1 aliphatic heterocycles. The second kappa shape index (κ2) is 6.69. The van der Waals surface area contributed by atoms with Gasteiger partial charge in [-0.1, -0.05) is 17.3 Å². The van der Waals surface area contributed by atoms with Gasteiger partial charge in [0.05, 0.1) is 19.9 Å². The number of halogens is 1. The van der Waals surface area contributed by atoms with Crippen molar-refractivity contribution >= 4 is 11.9 Å². The number of nitrogens with zero attached hydrogens (tertiary/aromatic N) is 2. The molecule has 0 saturated carbocycles. The number of carbonyl (C=O) groups excluding carboxylic acids is 2. The van der Waals surface area contributed by atoms with Crippen LogP contribution in [0.15, 0.2) is 41.1 Å². The Kier molecular flexibility index (Phi) is 4.45. The molecule has 0 radical (unpaired) electrons. The molecule has 0 bridgehead atoms. The number of aromatic nitrogens is 1. The normalized spacial score (nSPS) is 20.0. The van der Waals surface area contributed by atoms with E-state index in [1.807, 2.05) is 0 Å². The first-order valence-corrected chi connectivity index (χ1v) is 7.31. The summed E-state index contributed by atoms with van der Waals surface area (Å²) in [6.07, 6.45) is 0.989. The summed E-state index contributed by atoms with van der Waals surface area (Å²) in [5.74, 6) is -1.49. The maximum absolute atomic E-state index is 13.7. The lowest BCUT2D eigenvalue weighted by molar-refractivity contribution is -0.145. The van der Waals surface area contributed by atoms with Crippen molar-refractivity contribution in [2.24, 2.45) is 0 Å². The Morgan fingerprint density at radius 1 is 1.33 bits per heavy atom. The summed E-state index contributed by atoms with van der Waals surface area (Å²) >= 11 is 0. The van der Waals surface area contributed by atoms with Crippen LogP contribution in [0.5, 0.6) is 5.75 Å². The van der Waals surface area contributed by atoms with Crippen LogP contribution in [-0.4, -0.2) is 47.7 Å². The van der Waals surface area contributed by atoms with Gasteiger partial charge in [-0.3, -0.25) is 4.79 Å². The number of hydrogen-bond acceptors (Lipinski definition) is 6. The monoisotopic (exact) mass is 334 g/mol. The van der Waals surface area contributed by atoms with Crippen LogP contribution in [-0.2, 0) is 9.53 Å². The molecule has 1 aromatic carbocycles. The summed E-state index contributed by atoms with van der Waals surface area (Å²) < 4.78 is 28.9. The third-order valence-electron chi connectivity index (χ3n) is 3.78. The molecule has 0 N–H and O–H groups in total. The summed E-state index contributed by atoms with van der Waals surface area (Å²) in [6, 6.07) is 6.53. The van der Waals surface area contributed by atoms with E-state index >= 15 is 0 Å². The minimum absolute atomic E-state index is 0.00967. The average Bonchev–Trinajstić information content (AvgIpc) is 3.25. The maximum atomic E-state index is 13.7. The van der Waals surface area contributed by atoms with Crippen LogP contribution in [0.4, 0.5) is 4.39 Å². The molecule has 0 aliphatic carbocycles. The lowest BCUT2D eigenvalue weighted by Gasteiger charge is -2.20. The first-order chi connectivity index (χ1) is 11.6. The Hall–Kier alpha value is -2.90. The molecule has 3 rings (SSSR count). The van der Waals surface area contributed by atoms with Crippen molar-refractivity contribution in [1.82, 2.24) is 10.1 Å². The van der Waals surface area contributed by atoms with E-state index in [-0.39, 0.29) is 24.5 Å². The molecule has 1 amide bonds. The zero-order valence-corrected chi connectivity index (χ0v) is 12.8. The standard InChI is InChI=1S/C16H15FN2O5/c1-22-16(21)12-8-10(23-13-5-3-2-4-11(13)17)9-19(12)15(20)14-6-7-18-24-14/h2-7,10,12H,8-9H2,1H3. The van der Waals surface area contributed by atoms with Crippen LogP contribution >= 0.6 is 0 Å². The van der Waals surface area contributed by atoms with E-state index < -0.39 is 29.8 Å². The number of rotatable bonds is 4. The smallest absolute Gasteiger partial charge is 0.328 e. The number of esters is 1. The Bertz CT molecular complexity index is 734. The van der Waals surface area contributed by atoms with Gasteiger partial charge in [0.25, 0.3) is 5.91 Å². The van der Waals surface area contributed by atoms with Crippen LogP contribution in [0.25, 0.3) is 0 Å². The first-order valence-electron chi connectivity index (χ1n) is 7.31. The van der Waals surface area contributed by atoms with E-state index in [2.05, 4.69) is 5.16 Å². The lowest BCUT2D eigenvalue weighted by Crippen LogP contribution is -2.41. The highest BCUT2D eigenvalue weighted by Crippen LogP contribution is 2.26. The lowest BCUT2D eigenvalue weighted by atomic mass is 10.2. The highest BCUT2D eigenvalue weighted by atomic mass is 19.1. The molecular weight excluding hydrogens is 319 g/mol. The van der Waals surface area contributed by atoms with E-state index in [0.717, 1.165) is 0 Å². The fraction of sp³-hybridized carbons (Fsp3) is 0.312. The van der Waals surface area contributed by atoms with E-state index in [4.69, 9.17) is 14.0 Å². The zero-order chi connectivity index (χ0) is 17.1. The summed E-state index contributed by atoms with van der Waals surface area (Å²) in [4.78, 5) is 25.7. The van der Waals surface area contributed by atoms with Gasteiger partial charge < -0.3 is 18.9 Å². The van der Waals surface area contributed by atoms with Crippen molar-refractivity contribution in [2.45, 2.75) is 18.6 Å². The van der Waals surface area contributed by atoms with Crippen molar-refractivity contribution in [2.75, 3.05) is 13.7 Å². The van der Waals surface area contributed by atoms with Gasteiger partial charge in [-0.2, -0.15) is 0 Å². The Morgan fingerprint density at radius 2 is 2.12 bits per heavy atom. The van der Waals surface area contributed by atoms with Gasteiger partial charge in [-0.15, -0.1) is 0 Å². The van der Waals surface area contributed by atoms with Crippen LogP contribution < -0.4 is 4.74 Å². The zero-order valence-electron chi connectivity index (χ0n) is 12.8. The van der Waals surface area contributed by atoms with Gasteiger partial charge in [0.2, 0.25) is 5.76 Å². The minimum Gasteiger partial charge on any atom is -0.485 e. The number of carbonyl (C=O) groups is 2. The Labute approximate surface area is 136 Å². The van der Waals surface area contributed by atoms with E-state index in [1.165, 1.54) is 36.4 Å². The molecule has 8 heteroatoms. The third kappa shape index (κ3) is 3.08. The summed E-state index contributed by atoms with van der Waals surface area (Å²) in [5.41, 5.74) is 0. The summed E-state index contributed by atoms with van der Waals surface area (Å²) in [7, 11) is 1.24. The highest BCUT2D eigenvalue weighted by molar-refractivity contribution is 5.94.